The molecule has 2 aromatic carbocycles. The molecule has 27 heavy (non-hydrogen) atoms. The summed E-state index contributed by atoms with van der Waals surface area (Å²) in [5, 5.41) is 8.31. The summed E-state index contributed by atoms with van der Waals surface area (Å²) in [6, 6.07) is 19.7. The van der Waals surface area contributed by atoms with E-state index >= 15 is 0 Å². The van der Waals surface area contributed by atoms with Gasteiger partial charge in [-0.25, -0.2) is 0 Å². The summed E-state index contributed by atoms with van der Waals surface area (Å²) in [5.74, 6) is 0.520. The lowest BCUT2D eigenvalue weighted by molar-refractivity contribution is -0.145. The second-order valence-electron chi connectivity index (χ2n) is 6.45. The standard InChI is InChI=1S/C21H23N3O3/c1-16(21(25)26-2)13-24(14-17-9-5-3-6-10-17)15-19-22-23-20(27-19)18-11-7-4-8-12-18/h3-12,16H,13-15H2,1-2H3/t16-/m0/s1. The van der Waals surface area contributed by atoms with Gasteiger partial charge in [0.25, 0.3) is 0 Å². The molecular formula is C21H23N3O3. The van der Waals surface area contributed by atoms with E-state index < -0.39 is 0 Å². The maximum Gasteiger partial charge on any atom is 0.309 e. The molecule has 0 aliphatic rings. The third-order valence-electron chi connectivity index (χ3n) is 4.23. The van der Waals surface area contributed by atoms with Crippen molar-refractivity contribution in [1.29, 1.82) is 0 Å². The van der Waals surface area contributed by atoms with Crippen LogP contribution in [0.2, 0.25) is 0 Å². The highest BCUT2D eigenvalue weighted by molar-refractivity contribution is 5.72. The van der Waals surface area contributed by atoms with Crippen LogP contribution in [0.3, 0.4) is 0 Å². The van der Waals surface area contributed by atoms with Crippen LogP contribution in [0.25, 0.3) is 11.5 Å². The fourth-order valence-corrected chi connectivity index (χ4v) is 2.90. The molecule has 0 radical (unpaired) electrons. The van der Waals surface area contributed by atoms with Crippen molar-refractivity contribution in [3.63, 3.8) is 0 Å². The third kappa shape index (κ3) is 5.24. The summed E-state index contributed by atoms with van der Waals surface area (Å²) < 4.78 is 10.7. The summed E-state index contributed by atoms with van der Waals surface area (Å²) in [4.78, 5) is 14.0. The molecule has 1 aromatic heterocycles. The maximum atomic E-state index is 11.8. The van der Waals surface area contributed by atoms with Gasteiger partial charge in [-0.15, -0.1) is 10.2 Å². The van der Waals surface area contributed by atoms with E-state index in [1.807, 2.05) is 55.5 Å². The fraction of sp³-hybridized carbons (Fsp3) is 0.286. The van der Waals surface area contributed by atoms with Crippen LogP contribution >= 0.6 is 0 Å². The van der Waals surface area contributed by atoms with Gasteiger partial charge in [-0.1, -0.05) is 55.5 Å². The molecule has 0 N–H and O–H groups in total. The lowest BCUT2D eigenvalue weighted by Crippen LogP contribution is -2.32. The van der Waals surface area contributed by atoms with Gasteiger partial charge in [0, 0.05) is 18.7 Å². The largest absolute Gasteiger partial charge is 0.469 e. The molecule has 0 amide bonds. The number of nitrogens with zero attached hydrogens (tertiary/aromatic N) is 3. The molecule has 3 rings (SSSR count). The zero-order valence-electron chi connectivity index (χ0n) is 15.5. The van der Waals surface area contributed by atoms with E-state index in [2.05, 4.69) is 27.2 Å². The highest BCUT2D eigenvalue weighted by atomic mass is 16.5. The summed E-state index contributed by atoms with van der Waals surface area (Å²) in [6.45, 7) is 3.51. The number of carbonyl (C=O) groups is 1. The van der Waals surface area contributed by atoms with E-state index in [-0.39, 0.29) is 11.9 Å². The number of carbonyl (C=O) groups excluding carboxylic acids is 1. The predicted molar refractivity (Wildman–Crippen MR) is 101 cm³/mol. The molecule has 0 saturated heterocycles. The minimum Gasteiger partial charge on any atom is -0.469 e. The molecule has 1 atom stereocenters. The van der Waals surface area contributed by atoms with E-state index in [1.165, 1.54) is 7.11 Å². The van der Waals surface area contributed by atoms with Gasteiger partial charge in [0.15, 0.2) is 0 Å². The maximum absolute atomic E-state index is 11.8. The number of rotatable bonds is 8. The smallest absolute Gasteiger partial charge is 0.309 e. The highest BCUT2D eigenvalue weighted by Gasteiger charge is 2.20. The molecule has 0 spiro atoms. The molecule has 140 valence electrons. The van der Waals surface area contributed by atoms with Crippen LogP contribution < -0.4 is 0 Å². The van der Waals surface area contributed by atoms with Crippen molar-refractivity contribution < 1.29 is 13.9 Å². The quantitative estimate of drug-likeness (QED) is 0.569. The number of methoxy groups -OCH3 is 1. The van der Waals surface area contributed by atoms with Crippen LogP contribution in [-0.4, -0.2) is 34.7 Å². The summed E-state index contributed by atoms with van der Waals surface area (Å²) in [7, 11) is 1.41. The normalized spacial score (nSPS) is 12.1. The number of hydrogen-bond donors (Lipinski definition) is 0. The van der Waals surface area contributed by atoms with E-state index in [9.17, 15) is 4.79 Å². The Kier molecular flexibility index (Phi) is 6.33. The Morgan fingerprint density at radius 1 is 1.04 bits per heavy atom. The van der Waals surface area contributed by atoms with E-state index in [0.29, 0.717) is 31.4 Å². The van der Waals surface area contributed by atoms with Crippen molar-refractivity contribution in [3.05, 3.63) is 72.1 Å². The third-order valence-corrected chi connectivity index (χ3v) is 4.23. The van der Waals surface area contributed by atoms with Crippen molar-refractivity contribution in [2.75, 3.05) is 13.7 Å². The van der Waals surface area contributed by atoms with Gasteiger partial charge in [-0.2, -0.15) is 0 Å². The summed E-state index contributed by atoms with van der Waals surface area (Å²) >= 11 is 0. The van der Waals surface area contributed by atoms with E-state index in [0.717, 1.165) is 11.1 Å². The topological polar surface area (TPSA) is 68.5 Å². The number of aromatic nitrogens is 2. The number of ether oxygens (including phenoxy) is 1. The first kappa shape index (κ1) is 18.8. The van der Waals surface area contributed by atoms with Crippen molar-refractivity contribution in [1.82, 2.24) is 15.1 Å². The molecule has 6 heteroatoms. The molecule has 6 nitrogen and oxygen atoms in total. The minimum absolute atomic E-state index is 0.233. The van der Waals surface area contributed by atoms with Gasteiger partial charge in [-0.3, -0.25) is 9.69 Å². The zero-order chi connectivity index (χ0) is 19.1. The Balaban J connectivity index is 1.74. The highest BCUT2D eigenvalue weighted by Crippen LogP contribution is 2.19. The van der Waals surface area contributed by atoms with Crippen LogP contribution in [0.1, 0.15) is 18.4 Å². The number of benzene rings is 2. The lowest BCUT2D eigenvalue weighted by Gasteiger charge is -2.23. The van der Waals surface area contributed by atoms with Crippen LogP contribution in [0, 0.1) is 5.92 Å². The molecule has 0 bridgehead atoms. The van der Waals surface area contributed by atoms with E-state index in [4.69, 9.17) is 9.15 Å². The van der Waals surface area contributed by atoms with Gasteiger partial charge in [0.2, 0.25) is 11.8 Å². The second-order valence-corrected chi connectivity index (χ2v) is 6.45. The molecular weight excluding hydrogens is 342 g/mol. The Labute approximate surface area is 158 Å². The summed E-state index contributed by atoms with van der Waals surface area (Å²) in [5.41, 5.74) is 2.03. The summed E-state index contributed by atoms with van der Waals surface area (Å²) in [6.07, 6.45) is 0. The Bertz CT molecular complexity index is 849. The van der Waals surface area contributed by atoms with E-state index in [1.54, 1.807) is 0 Å². The predicted octanol–water partition coefficient (Wildman–Crippen LogP) is 3.55. The first-order valence-electron chi connectivity index (χ1n) is 8.87. The van der Waals surface area contributed by atoms with Crippen molar-refractivity contribution >= 4 is 5.97 Å². The number of esters is 1. The first-order chi connectivity index (χ1) is 13.2. The minimum atomic E-state index is -0.254. The van der Waals surface area contributed by atoms with Crippen LogP contribution in [0.15, 0.2) is 65.1 Å². The Morgan fingerprint density at radius 3 is 2.37 bits per heavy atom. The molecule has 0 aliphatic carbocycles. The van der Waals surface area contributed by atoms with Crippen LogP contribution in [-0.2, 0) is 22.6 Å². The van der Waals surface area contributed by atoms with Crippen molar-refractivity contribution in [2.45, 2.75) is 20.0 Å². The van der Waals surface area contributed by atoms with Crippen LogP contribution in [0.4, 0.5) is 0 Å². The zero-order valence-corrected chi connectivity index (χ0v) is 15.5. The molecule has 0 fully saturated rings. The lowest BCUT2D eigenvalue weighted by atomic mass is 10.1. The van der Waals surface area contributed by atoms with Crippen molar-refractivity contribution in [2.24, 2.45) is 5.92 Å². The molecule has 3 aromatic rings. The Hall–Kier alpha value is -2.99. The Morgan fingerprint density at radius 2 is 1.70 bits per heavy atom. The SMILES string of the molecule is COC(=O)[C@@H](C)CN(Cc1ccccc1)Cc1nnc(-c2ccccc2)o1. The monoisotopic (exact) mass is 365 g/mol. The fourth-order valence-electron chi connectivity index (χ4n) is 2.90. The average Bonchev–Trinajstić information content (AvgIpc) is 3.17. The molecule has 0 saturated carbocycles. The molecule has 0 aliphatic heterocycles. The van der Waals surface area contributed by atoms with Gasteiger partial charge in [-0.05, 0) is 17.7 Å². The van der Waals surface area contributed by atoms with Gasteiger partial charge < -0.3 is 9.15 Å². The first-order valence-corrected chi connectivity index (χ1v) is 8.87. The van der Waals surface area contributed by atoms with Crippen LogP contribution in [0.5, 0.6) is 0 Å². The second kappa shape index (κ2) is 9.09. The average molecular weight is 365 g/mol. The van der Waals surface area contributed by atoms with Crippen molar-refractivity contribution in [3.8, 4) is 11.5 Å². The molecule has 0 unspecified atom stereocenters. The molecule has 1 heterocycles. The van der Waals surface area contributed by atoms with Gasteiger partial charge >= 0.3 is 5.97 Å². The van der Waals surface area contributed by atoms with Gasteiger partial charge in [0.05, 0.1) is 19.6 Å². The van der Waals surface area contributed by atoms with Gasteiger partial charge in [0.1, 0.15) is 0 Å². The number of hydrogen-bond acceptors (Lipinski definition) is 6.